The molecule has 0 aromatic carbocycles. The van der Waals surface area contributed by atoms with Gasteiger partial charge in [0.15, 0.2) is 22.9 Å². The SMILES string of the molecule is COC(=O)c1cnc2c(OC)cc(Nc3cccn(-c4ccccn4)c3=O)nn12. The van der Waals surface area contributed by atoms with Gasteiger partial charge in [0.05, 0.1) is 20.4 Å². The quantitative estimate of drug-likeness (QED) is 0.512. The highest BCUT2D eigenvalue weighted by Gasteiger charge is 2.18. The Kier molecular flexibility index (Phi) is 4.65. The number of methoxy groups -OCH3 is 2. The molecule has 0 atom stereocenters. The summed E-state index contributed by atoms with van der Waals surface area (Å²) >= 11 is 0. The van der Waals surface area contributed by atoms with Gasteiger partial charge in [0, 0.05) is 18.5 Å². The average molecular weight is 392 g/mol. The lowest BCUT2D eigenvalue weighted by atomic mass is 10.3. The molecule has 0 bridgehead atoms. The molecule has 146 valence electrons. The Hall–Kier alpha value is -4.21. The van der Waals surface area contributed by atoms with Gasteiger partial charge in [0.25, 0.3) is 5.56 Å². The molecule has 0 aliphatic rings. The van der Waals surface area contributed by atoms with E-state index in [1.54, 1.807) is 48.8 Å². The van der Waals surface area contributed by atoms with E-state index in [1.807, 2.05) is 0 Å². The minimum absolute atomic E-state index is 0.128. The summed E-state index contributed by atoms with van der Waals surface area (Å²) in [7, 11) is 2.74. The number of aromatic nitrogens is 5. The molecule has 0 aliphatic heterocycles. The lowest BCUT2D eigenvalue weighted by Crippen LogP contribution is -2.21. The molecule has 0 unspecified atom stereocenters. The average Bonchev–Trinajstić information content (AvgIpc) is 3.18. The first-order chi connectivity index (χ1) is 14.1. The molecule has 4 aromatic heterocycles. The first kappa shape index (κ1) is 18.2. The van der Waals surface area contributed by atoms with Gasteiger partial charge in [-0.15, -0.1) is 5.10 Å². The zero-order chi connectivity index (χ0) is 20.4. The predicted molar refractivity (Wildman–Crippen MR) is 104 cm³/mol. The van der Waals surface area contributed by atoms with Gasteiger partial charge in [-0.25, -0.2) is 19.3 Å². The van der Waals surface area contributed by atoms with E-state index in [0.29, 0.717) is 17.2 Å². The Morgan fingerprint density at radius 1 is 1.14 bits per heavy atom. The van der Waals surface area contributed by atoms with Crippen molar-refractivity contribution in [2.45, 2.75) is 0 Å². The topological polar surface area (TPSA) is 113 Å². The predicted octanol–water partition coefficient (Wildman–Crippen LogP) is 1.81. The van der Waals surface area contributed by atoms with Gasteiger partial charge in [-0.3, -0.25) is 9.36 Å². The molecule has 29 heavy (non-hydrogen) atoms. The molecule has 10 heteroatoms. The fourth-order valence-corrected chi connectivity index (χ4v) is 2.80. The molecular formula is C19H16N6O4. The first-order valence-electron chi connectivity index (χ1n) is 8.53. The lowest BCUT2D eigenvalue weighted by molar-refractivity contribution is 0.0591. The molecule has 4 rings (SSSR count). The Balaban J connectivity index is 1.79. The van der Waals surface area contributed by atoms with Crippen molar-refractivity contribution in [2.24, 2.45) is 0 Å². The fraction of sp³-hybridized carbons (Fsp3) is 0.105. The van der Waals surface area contributed by atoms with Gasteiger partial charge < -0.3 is 14.8 Å². The number of nitrogens with one attached hydrogen (secondary N) is 1. The summed E-state index contributed by atoms with van der Waals surface area (Å²) in [5.74, 6) is 0.554. The monoisotopic (exact) mass is 392 g/mol. The van der Waals surface area contributed by atoms with Crippen LogP contribution in [0.15, 0.2) is 59.8 Å². The van der Waals surface area contributed by atoms with Crippen molar-refractivity contribution in [1.29, 1.82) is 0 Å². The number of hydrogen-bond acceptors (Lipinski definition) is 8. The number of anilines is 2. The van der Waals surface area contributed by atoms with Crippen molar-refractivity contribution in [3.63, 3.8) is 0 Å². The van der Waals surface area contributed by atoms with Gasteiger partial charge in [0.2, 0.25) is 0 Å². The highest BCUT2D eigenvalue weighted by atomic mass is 16.5. The van der Waals surface area contributed by atoms with Crippen LogP contribution in [0.5, 0.6) is 5.75 Å². The van der Waals surface area contributed by atoms with Gasteiger partial charge in [-0.05, 0) is 24.3 Å². The molecule has 0 spiro atoms. The van der Waals surface area contributed by atoms with Crippen LogP contribution in [0.3, 0.4) is 0 Å². The highest BCUT2D eigenvalue weighted by molar-refractivity contribution is 5.88. The molecule has 0 aliphatic carbocycles. The number of hydrogen-bond donors (Lipinski definition) is 1. The molecular weight excluding hydrogens is 376 g/mol. The number of carbonyl (C=O) groups is 1. The van der Waals surface area contributed by atoms with E-state index in [2.05, 4.69) is 20.4 Å². The zero-order valence-corrected chi connectivity index (χ0v) is 15.6. The van der Waals surface area contributed by atoms with Gasteiger partial charge in [0.1, 0.15) is 11.5 Å². The van der Waals surface area contributed by atoms with Gasteiger partial charge in [-0.1, -0.05) is 6.07 Å². The Morgan fingerprint density at radius 2 is 2.00 bits per heavy atom. The third kappa shape index (κ3) is 3.27. The maximum atomic E-state index is 12.9. The van der Waals surface area contributed by atoms with E-state index in [-0.39, 0.29) is 22.8 Å². The number of carbonyl (C=O) groups excluding carboxylic acids is 1. The fourth-order valence-electron chi connectivity index (χ4n) is 2.80. The van der Waals surface area contributed by atoms with Crippen LogP contribution in [0.4, 0.5) is 11.5 Å². The Morgan fingerprint density at radius 3 is 2.72 bits per heavy atom. The molecule has 0 saturated heterocycles. The van der Waals surface area contributed by atoms with Gasteiger partial charge in [-0.2, -0.15) is 0 Å². The second kappa shape index (κ2) is 7.43. The Labute approximate surface area is 164 Å². The molecule has 1 N–H and O–H groups in total. The van der Waals surface area contributed by atoms with E-state index in [1.165, 1.54) is 29.5 Å². The van der Waals surface area contributed by atoms with Crippen LogP contribution in [0.1, 0.15) is 10.5 Å². The van der Waals surface area contributed by atoms with E-state index < -0.39 is 5.97 Å². The highest BCUT2D eigenvalue weighted by Crippen LogP contribution is 2.24. The number of nitrogens with zero attached hydrogens (tertiary/aromatic N) is 5. The number of pyridine rings is 2. The summed E-state index contributed by atoms with van der Waals surface area (Å²) in [6.07, 6.45) is 4.57. The third-order valence-electron chi connectivity index (χ3n) is 4.15. The second-order valence-electron chi connectivity index (χ2n) is 5.88. The van der Waals surface area contributed by atoms with Crippen LogP contribution in [0.2, 0.25) is 0 Å². The van der Waals surface area contributed by atoms with Crippen molar-refractivity contribution in [2.75, 3.05) is 19.5 Å². The number of fused-ring (bicyclic) bond motifs is 1. The van der Waals surface area contributed by atoms with Crippen molar-refractivity contribution >= 4 is 23.1 Å². The number of imidazole rings is 1. The Bertz CT molecular complexity index is 1250. The second-order valence-corrected chi connectivity index (χ2v) is 5.88. The van der Waals surface area contributed by atoms with Crippen molar-refractivity contribution in [3.8, 4) is 11.6 Å². The van der Waals surface area contributed by atoms with E-state index in [9.17, 15) is 9.59 Å². The minimum Gasteiger partial charge on any atom is -0.493 e. The van der Waals surface area contributed by atoms with Crippen LogP contribution in [-0.2, 0) is 4.74 Å². The molecule has 0 fully saturated rings. The largest absolute Gasteiger partial charge is 0.493 e. The molecule has 0 amide bonds. The first-order valence-corrected chi connectivity index (χ1v) is 8.53. The van der Waals surface area contributed by atoms with E-state index in [4.69, 9.17) is 9.47 Å². The van der Waals surface area contributed by atoms with Crippen molar-refractivity contribution < 1.29 is 14.3 Å². The zero-order valence-electron chi connectivity index (χ0n) is 15.6. The van der Waals surface area contributed by atoms with Crippen molar-refractivity contribution in [3.05, 3.63) is 71.0 Å². The number of esters is 1. The summed E-state index contributed by atoms with van der Waals surface area (Å²) in [6, 6.07) is 10.2. The smallest absolute Gasteiger partial charge is 0.358 e. The van der Waals surface area contributed by atoms with Crippen LogP contribution in [-0.4, -0.2) is 44.3 Å². The summed E-state index contributed by atoms with van der Waals surface area (Å²) < 4.78 is 12.8. The molecule has 4 aromatic rings. The summed E-state index contributed by atoms with van der Waals surface area (Å²) in [5, 5.41) is 7.32. The van der Waals surface area contributed by atoms with E-state index >= 15 is 0 Å². The lowest BCUT2D eigenvalue weighted by Gasteiger charge is -2.11. The molecule has 0 saturated carbocycles. The summed E-state index contributed by atoms with van der Waals surface area (Å²) in [6.45, 7) is 0. The molecule has 10 nitrogen and oxygen atoms in total. The maximum Gasteiger partial charge on any atom is 0.358 e. The van der Waals surface area contributed by atoms with Crippen LogP contribution in [0, 0.1) is 0 Å². The van der Waals surface area contributed by atoms with Crippen LogP contribution < -0.4 is 15.6 Å². The third-order valence-corrected chi connectivity index (χ3v) is 4.15. The molecule has 0 radical (unpaired) electrons. The number of ether oxygens (including phenoxy) is 2. The standard InChI is InChI=1S/C19H16N6O4/c1-28-14-10-15(23-25-13(19(27)29-2)11-21-17(14)25)22-12-6-5-9-24(18(12)26)16-7-3-4-8-20-16/h3-11H,1-2H3,(H,22,23). The van der Waals surface area contributed by atoms with Crippen molar-refractivity contribution in [1.82, 2.24) is 24.1 Å². The number of rotatable bonds is 5. The minimum atomic E-state index is -0.596. The maximum absolute atomic E-state index is 12.9. The van der Waals surface area contributed by atoms with Gasteiger partial charge >= 0.3 is 5.97 Å². The van der Waals surface area contributed by atoms with Crippen LogP contribution >= 0.6 is 0 Å². The van der Waals surface area contributed by atoms with E-state index in [0.717, 1.165) is 0 Å². The molecule has 4 heterocycles. The normalized spacial score (nSPS) is 10.7. The summed E-state index contributed by atoms with van der Waals surface area (Å²) in [4.78, 5) is 33.2. The van der Waals surface area contributed by atoms with Crippen LogP contribution in [0.25, 0.3) is 11.5 Å². The summed E-state index contributed by atoms with van der Waals surface area (Å²) in [5.41, 5.74) is 0.429.